The van der Waals surface area contributed by atoms with Gasteiger partial charge in [0.2, 0.25) is 11.8 Å². The first-order valence-corrected chi connectivity index (χ1v) is 17.2. The molecule has 15 heteroatoms. The third-order valence-electron chi connectivity index (χ3n) is 6.65. The number of aliphatic hydroxyl groups is 1. The molecule has 0 aliphatic rings. The smallest absolute Gasteiger partial charge is 0.359 e. The summed E-state index contributed by atoms with van der Waals surface area (Å²) in [6, 6.07) is 9.58. The van der Waals surface area contributed by atoms with Crippen LogP contribution in [0.2, 0.25) is 20.1 Å². The fraction of sp³-hybridized carbons (Fsp3) is 0.412. The molecule has 0 fully saturated rings. The zero-order valence-electron chi connectivity index (χ0n) is 28.5. The number of aromatic nitrogens is 4. The van der Waals surface area contributed by atoms with Gasteiger partial charge in [-0.25, -0.2) is 19.0 Å². The van der Waals surface area contributed by atoms with Crippen LogP contribution >= 0.6 is 46.4 Å². The number of hydrogen-bond acceptors (Lipinski definition) is 9. The molecule has 0 aliphatic carbocycles. The summed E-state index contributed by atoms with van der Waals surface area (Å²) in [5.74, 6) is 0.519. The van der Waals surface area contributed by atoms with Gasteiger partial charge in [-0.1, -0.05) is 53.3 Å². The Labute approximate surface area is 305 Å². The summed E-state index contributed by atoms with van der Waals surface area (Å²) in [4.78, 5) is 24.4. The van der Waals surface area contributed by atoms with Crippen molar-refractivity contribution in [1.82, 2.24) is 19.6 Å². The average Bonchev–Trinajstić information content (AvgIpc) is 3.56. The summed E-state index contributed by atoms with van der Waals surface area (Å²) < 4.78 is 25.2. The van der Waals surface area contributed by atoms with E-state index in [9.17, 15) is 14.7 Å². The quantitative estimate of drug-likeness (QED) is 0.141. The molecule has 4 aromatic rings. The van der Waals surface area contributed by atoms with Crippen LogP contribution in [-0.2, 0) is 15.9 Å². The lowest BCUT2D eigenvalue weighted by atomic mass is 10.1. The Kier molecular flexibility index (Phi) is 14.6. The zero-order valence-corrected chi connectivity index (χ0v) is 31.5. The highest BCUT2D eigenvalue weighted by molar-refractivity contribution is 6.35. The summed E-state index contributed by atoms with van der Waals surface area (Å²) in [6.45, 7) is 15.1. The first-order valence-electron chi connectivity index (χ1n) is 15.6. The van der Waals surface area contributed by atoms with Crippen molar-refractivity contribution in [1.29, 1.82) is 0 Å². The number of carbonyl (C=O) groups is 2. The lowest BCUT2D eigenvalue weighted by molar-refractivity contribution is 0.0505. The van der Waals surface area contributed by atoms with E-state index in [1.165, 1.54) is 11.6 Å². The van der Waals surface area contributed by atoms with Gasteiger partial charge in [-0.3, -0.25) is 0 Å². The molecule has 0 amide bonds. The molecule has 0 aliphatic heterocycles. The monoisotopic (exact) mass is 756 g/mol. The highest BCUT2D eigenvalue weighted by Gasteiger charge is 2.30. The maximum Gasteiger partial charge on any atom is 0.359 e. The van der Waals surface area contributed by atoms with Crippen LogP contribution < -0.4 is 9.47 Å². The van der Waals surface area contributed by atoms with Crippen molar-refractivity contribution in [3.8, 4) is 23.3 Å². The number of halogens is 4. The van der Waals surface area contributed by atoms with E-state index in [4.69, 9.17) is 65.4 Å². The van der Waals surface area contributed by atoms with Crippen LogP contribution in [0, 0.1) is 0 Å². The normalized spacial score (nSPS) is 11.7. The topological polar surface area (TPSA) is 127 Å². The standard InChI is InChI=1S/C17H20Cl2N2O4.C17H20Cl2N2O3/c1-5-24-17(23)15-14(10(4)22)16(21(20-15)9(2)3)25-13-7-11(18)6-12(19)8-13;1-5-14-15(17(22)23-6-2)20-21(10(3)4)16(14)24-13-8-11(18)7-12(19)9-13/h6-10,22H,5H2,1-4H3;7-10H,5-6H2,1-4H3/t10-;/m1./s1. The zero-order chi connectivity index (χ0) is 36.6. The summed E-state index contributed by atoms with van der Waals surface area (Å²) in [7, 11) is 0. The Balaban J connectivity index is 0.000000266. The third-order valence-corrected chi connectivity index (χ3v) is 7.52. The number of hydrogen-bond donors (Lipinski definition) is 1. The van der Waals surface area contributed by atoms with Gasteiger partial charge in [-0.15, -0.1) is 0 Å². The molecule has 1 atom stereocenters. The minimum absolute atomic E-state index is 0.00290. The molecule has 11 nitrogen and oxygen atoms in total. The molecule has 2 aromatic carbocycles. The first kappa shape index (κ1) is 40.0. The number of nitrogens with zero attached hydrogens (tertiary/aromatic N) is 4. The van der Waals surface area contributed by atoms with Crippen molar-refractivity contribution in [3.05, 3.63) is 79.0 Å². The van der Waals surface area contributed by atoms with Crippen LogP contribution in [0.4, 0.5) is 0 Å². The van der Waals surface area contributed by atoms with Crippen molar-refractivity contribution < 1.29 is 33.6 Å². The van der Waals surface area contributed by atoms with Crippen LogP contribution in [-0.4, -0.2) is 49.8 Å². The second-order valence-electron chi connectivity index (χ2n) is 11.2. The van der Waals surface area contributed by atoms with Gasteiger partial charge in [0, 0.05) is 25.7 Å². The van der Waals surface area contributed by atoms with Crippen LogP contribution in [0.1, 0.15) is 106 Å². The Morgan fingerprint density at radius 3 is 1.45 bits per heavy atom. The van der Waals surface area contributed by atoms with E-state index in [1.54, 1.807) is 54.9 Å². The van der Waals surface area contributed by atoms with Crippen molar-refractivity contribution in [3.63, 3.8) is 0 Å². The predicted octanol–water partition coefficient (Wildman–Crippen LogP) is 10.1. The lowest BCUT2D eigenvalue weighted by Gasteiger charge is -2.14. The van der Waals surface area contributed by atoms with Gasteiger partial charge in [0.25, 0.3) is 0 Å². The molecule has 0 saturated heterocycles. The molecule has 0 radical (unpaired) electrons. The van der Waals surface area contributed by atoms with Crippen LogP contribution in [0.15, 0.2) is 36.4 Å². The summed E-state index contributed by atoms with van der Waals surface area (Å²) in [5, 5.41) is 20.6. The van der Waals surface area contributed by atoms with E-state index in [1.807, 2.05) is 34.6 Å². The predicted molar refractivity (Wildman–Crippen MR) is 190 cm³/mol. The van der Waals surface area contributed by atoms with E-state index >= 15 is 0 Å². The molecule has 2 heterocycles. The molecule has 0 spiro atoms. The van der Waals surface area contributed by atoms with Gasteiger partial charge in [-0.05, 0) is 91.3 Å². The minimum Gasteiger partial charge on any atom is -0.461 e. The molecule has 0 unspecified atom stereocenters. The second-order valence-corrected chi connectivity index (χ2v) is 12.9. The largest absolute Gasteiger partial charge is 0.461 e. The highest BCUT2D eigenvalue weighted by atomic mass is 35.5. The molecular formula is C34H40Cl4N4O7. The number of carbonyl (C=O) groups excluding carboxylic acids is 2. The Hall–Kier alpha value is -3.48. The number of ether oxygens (including phenoxy) is 4. The number of aliphatic hydroxyl groups excluding tert-OH is 1. The van der Waals surface area contributed by atoms with Gasteiger partial charge in [0.1, 0.15) is 11.5 Å². The van der Waals surface area contributed by atoms with Gasteiger partial charge in [-0.2, -0.15) is 10.2 Å². The molecule has 266 valence electrons. The van der Waals surface area contributed by atoms with Crippen LogP contribution in [0.25, 0.3) is 0 Å². The highest BCUT2D eigenvalue weighted by Crippen LogP contribution is 2.37. The van der Waals surface area contributed by atoms with Gasteiger partial charge in [0.15, 0.2) is 11.4 Å². The summed E-state index contributed by atoms with van der Waals surface area (Å²) in [6.07, 6.45) is -0.415. The molecule has 1 N–H and O–H groups in total. The van der Waals surface area contributed by atoms with Gasteiger partial charge >= 0.3 is 11.9 Å². The Morgan fingerprint density at radius 1 is 0.673 bits per heavy atom. The molecule has 0 saturated carbocycles. The maximum atomic E-state index is 12.2. The van der Waals surface area contributed by atoms with Crippen molar-refractivity contribution in [2.24, 2.45) is 0 Å². The maximum absolute atomic E-state index is 12.2. The van der Waals surface area contributed by atoms with Gasteiger partial charge in [0.05, 0.1) is 37.0 Å². The first-order chi connectivity index (χ1) is 23.1. The van der Waals surface area contributed by atoms with E-state index in [0.717, 1.165) is 0 Å². The number of esters is 2. The van der Waals surface area contributed by atoms with Crippen LogP contribution in [0.5, 0.6) is 23.3 Å². The molecular weight excluding hydrogens is 718 g/mol. The second kappa shape index (κ2) is 18.0. The average molecular weight is 759 g/mol. The van der Waals surface area contributed by atoms with Crippen LogP contribution in [0.3, 0.4) is 0 Å². The Morgan fingerprint density at radius 2 is 1.06 bits per heavy atom. The van der Waals surface area contributed by atoms with Crippen molar-refractivity contribution in [2.45, 2.75) is 80.0 Å². The summed E-state index contributed by atoms with van der Waals surface area (Å²) >= 11 is 24.1. The molecule has 4 rings (SSSR count). The SMILES string of the molecule is CCOC(=O)c1nn(C(C)C)c(Oc2cc(Cl)cc(Cl)c2)c1CC.CCOC(=O)c1nn(C(C)C)c(Oc2cc(Cl)cc(Cl)c2)c1[C@@H](C)O. The fourth-order valence-electron chi connectivity index (χ4n) is 4.60. The summed E-state index contributed by atoms with van der Waals surface area (Å²) in [5.41, 5.74) is 1.24. The van der Waals surface area contributed by atoms with E-state index in [2.05, 4.69) is 10.2 Å². The van der Waals surface area contributed by atoms with Crippen molar-refractivity contribution >= 4 is 58.3 Å². The van der Waals surface area contributed by atoms with Gasteiger partial charge < -0.3 is 24.1 Å². The molecule has 2 aromatic heterocycles. The van der Waals surface area contributed by atoms with Crippen molar-refractivity contribution in [2.75, 3.05) is 13.2 Å². The number of rotatable bonds is 12. The number of benzene rings is 2. The van der Waals surface area contributed by atoms with E-state index in [-0.39, 0.29) is 48.1 Å². The molecule has 0 bridgehead atoms. The Bertz CT molecular complexity index is 1730. The molecule has 49 heavy (non-hydrogen) atoms. The minimum atomic E-state index is -0.989. The third kappa shape index (κ3) is 10.3. The lowest BCUT2D eigenvalue weighted by Crippen LogP contribution is -2.10. The van der Waals surface area contributed by atoms with E-state index in [0.29, 0.717) is 49.5 Å². The van der Waals surface area contributed by atoms with E-state index < -0.39 is 18.0 Å². The fourth-order valence-corrected chi connectivity index (χ4v) is 5.61.